The number of hydrogen-bond acceptors (Lipinski definition) is 5. The second-order valence-corrected chi connectivity index (χ2v) is 10.9. The van der Waals surface area contributed by atoms with Gasteiger partial charge in [0, 0.05) is 29.1 Å². The van der Waals surface area contributed by atoms with Gasteiger partial charge >= 0.3 is 0 Å². The van der Waals surface area contributed by atoms with Crippen LogP contribution in [-0.4, -0.2) is 36.2 Å². The third kappa shape index (κ3) is 5.18. The molecule has 1 N–H and O–H groups in total. The summed E-state index contributed by atoms with van der Waals surface area (Å²) in [6.45, 7) is 2.25. The Morgan fingerprint density at radius 1 is 1.09 bits per heavy atom. The minimum absolute atomic E-state index is 0.0143. The van der Waals surface area contributed by atoms with Crippen molar-refractivity contribution in [2.24, 2.45) is 0 Å². The molecule has 0 unspecified atom stereocenters. The van der Waals surface area contributed by atoms with Gasteiger partial charge in [-0.3, -0.25) is 10.1 Å². The molecule has 1 fully saturated rings. The fourth-order valence-corrected chi connectivity index (χ4v) is 6.60. The Kier molecular flexibility index (Phi) is 7.39. The molecule has 1 saturated carbocycles. The predicted molar refractivity (Wildman–Crippen MR) is 128 cm³/mol. The molecule has 3 aromatic rings. The number of aromatic nitrogens is 1. The molecule has 4 rings (SSSR count). The smallest absolute Gasteiger partial charge is 0.257 e. The molecule has 0 atom stereocenters. The van der Waals surface area contributed by atoms with Gasteiger partial charge in [-0.2, -0.15) is 4.31 Å². The molecular formula is C24H25F2N3O3S2. The first-order valence-electron chi connectivity index (χ1n) is 11.1. The molecule has 10 heteroatoms. The zero-order chi connectivity index (χ0) is 24.3. The van der Waals surface area contributed by atoms with E-state index in [-0.39, 0.29) is 21.6 Å². The standard InChI is InChI=1S/C24H25F2N3O3S2/c1-2-29(18-6-4-3-5-7-18)34(31,32)19-11-8-16(9-12-19)23(30)28-24-27-22(15-33-24)17-10-13-20(25)21(26)14-17/h8-15,18H,2-7H2,1H3,(H,27,28,30). The van der Waals surface area contributed by atoms with E-state index in [1.54, 1.807) is 9.69 Å². The fourth-order valence-electron chi connectivity index (χ4n) is 4.20. The van der Waals surface area contributed by atoms with Gasteiger partial charge in [0.25, 0.3) is 5.91 Å². The Balaban J connectivity index is 1.46. The normalized spacial score (nSPS) is 14.9. The van der Waals surface area contributed by atoms with Crippen molar-refractivity contribution in [1.29, 1.82) is 0 Å². The molecule has 1 aliphatic carbocycles. The van der Waals surface area contributed by atoms with E-state index in [0.717, 1.165) is 55.6 Å². The quantitative estimate of drug-likeness (QED) is 0.448. The first kappa shape index (κ1) is 24.4. The lowest BCUT2D eigenvalue weighted by atomic mass is 9.95. The summed E-state index contributed by atoms with van der Waals surface area (Å²) in [4.78, 5) is 17.1. The number of nitrogens with zero attached hydrogens (tertiary/aromatic N) is 2. The van der Waals surface area contributed by atoms with E-state index in [9.17, 15) is 22.0 Å². The number of carbonyl (C=O) groups excluding carboxylic acids is 1. The molecular weight excluding hydrogens is 480 g/mol. The van der Waals surface area contributed by atoms with Gasteiger partial charge in [-0.1, -0.05) is 26.2 Å². The van der Waals surface area contributed by atoms with Gasteiger partial charge < -0.3 is 0 Å². The van der Waals surface area contributed by atoms with Gasteiger partial charge in [-0.25, -0.2) is 22.2 Å². The number of hydrogen-bond donors (Lipinski definition) is 1. The summed E-state index contributed by atoms with van der Waals surface area (Å²) in [5, 5.41) is 4.57. The van der Waals surface area contributed by atoms with Gasteiger partial charge in [0.2, 0.25) is 10.0 Å². The van der Waals surface area contributed by atoms with Crippen LogP contribution < -0.4 is 5.32 Å². The van der Waals surface area contributed by atoms with Crippen LogP contribution in [0.4, 0.5) is 13.9 Å². The number of thiazole rings is 1. The maximum absolute atomic E-state index is 13.5. The van der Waals surface area contributed by atoms with E-state index in [1.165, 1.54) is 30.3 Å². The number of amides is 1. The lowest BCUT2D eigenvalue weighted by Gasteiger charge is -2.32. The lowest BCUT2D eigenvalue weighted by molar-refractivity contribution is 0.102. The minimum Gasteiger partial charge on any atom is -0.298 e. The number of anilines is 1. The monoisotopic (exact) mass is 505 g/mol. The number of sulfonamides is 1. The van der Waals surface area contributed by atoms with E-state index in [2.05, 4.69) is 10.3 Å². The van der Waals surface area contributed by atoms with Gasteiger partial charge in [0.1, 0.15) is 0 Å². The summed E-state index contributed by atoms with van der Waals surface area (Å²) in [6, 6.07) is 9.33. The Hall–Kier alpha value is -2.69. The van der Waals surface area contributed by atoms with Crippen LogP contribution in [0.2, 0.25) is 0 Å². The average molecular weight is 506 g/mol. The Morgan fingerprint density at radius 3 is 2.44 bits per heavy atom. The van der Waals surface area contributed by atoms with Crippen molar-refractivity contribution < 1.29 is 22.0 Å². The first-order valence-corrected chi connectivity index (χ1v) is 13.5. The Labute approximate surface area is 201 Å². The highest BCUT2D eigenvalue weighted by Crippen LogP contribution is 2.29. The van der Waals surface area contributed by atoms with E-state index >= 15 is 0 Å². The van der Waals surface area contributed by atoms with E-state index < -0.39 is 27.6 Å². The zero-order valence-corrected chi connectivity index (χ0v) is 20.3. The van der Waals surface area contributed by atoms with Crippen LogP contribution in [0.25, 0.3) is 11.3 Å². The van der Waals surface area contributed by atoms with Gasteiger partial charge in [-0.05, 0) is 55.3 Å². The molecule has 34 heavy (non-hydrogen) atoms. The molecule has 1 aliphatic rings. The Morgan fingerprint density at radius 2 is 1.79 bits per heavy atom. The van der Waals surface area contributed by atoms with Crippen LogP contribution in [0.5, 0.6) is 0 Å². The van der Waals surface area contributed by atoms with Gasteiger partial charge in [0.05, 0.1) is 10.6 Å². The highest BCUT2D eigenvalue weighted by atomic mass is 32.2. The third-order valence-corrected chi connectivity index (χ3v) is 8.76. The average Bonchev–Trinajstić information content (AvgIpc) is 3.30. The summed E-state index contributed by atoms with van der Waals surface area (Å²) in [5.41, 5.74) is 1.08. The summed E-state index contributed by atoms with van der Waals surface area (Å²) >= 11 is 1.15. The highest BCUT2D eigenvalue weighted by Gasteiger charge is 2.31. The molecule has 0 radical (unpaired) electrons. The molecule has 0 saturated heterocycles. The predicted octanol–water partition coefficient (Wildman–Crippen LogP) is 5.68. The molecule has 0 spiro atoms. The Bertz CT molecular complexity index is 1270. The SMILES string of the molecule is CCN(C1CCCCC1)S(=O)(=O)c1ccc(C(=O)Nc2nc(-c3ccc(F)c(F)c3)cs2)cc1. The van der Waals surface area contributed by atoms with Crippen molar-refractivity contribution in [2.75, 3.05) is 11.9 Å². The zero-order valence-electron chi connectivity index (χ0n) is 18.6. The van der Waals surface area contributed by atoms with Crippen LogP contribution in [0.3, 0.4) is 0 Å². The van der Waals surface area contributed by atoms with Crippen LogP contribution in [0, 0.1) is 11.6 Å². The second-order valence-electron chi connectivity index (χ2n) is 8.15. The van der Waals surface area contributed by atoms with E-state index in [4.69, 9.17) is 0 Å². The number of halogens is 2. The van der Waals surface area contributed by atoms with Gasteiger partial charge in [-0.15, -0.1) is 11.3 Å². The maximum Gasteiger partial charge on any atom is 0.257 e. The third-order valence-electron chi connectivity index (χ3n) is 5.96. The number of benzene rings is 2. The molecule has 180 valence electrons. The first-order chi connectivity index (χ1) is 16.3. The molecule has 6 nitrogen and oxygen atoms in total. The summed E-state index contributed by atoms with van der Waals surface area (Å²) in [5.74, 6) is -2.37. The lowest BCUT2D eigenvalue weighted by Crippen LogP contribution is -2.41. The summed E-state index contributed by atoms with van der Waals surface area (Å²) in [6.07, 6.45) is 4.94. The molecule has 1 aromatic heterocycles. The molecule has 0 aliphatic heterocycles. The topological polar surface area (TPSA) is 79.4 Å². The maximum atomic E-state index is 13.5. The minimum atomic E-state index is -3.65. The van der Waals surface area contributed by atoms with Crippen LogP contribution in [0.1, 0.15) is 49.4 Å². The van der Waals surface area contributed by atoms with Crippen molar-refractivity contribution in [3.63, 3.8) is 0 Å². The van der Waals surface area contributed by atoms with Crippen LogP contribution >= 0.6 is 11.3 Å². The number of carbonyl (C=O) groups is 1. The van der Waals surface area contributed by atoms with Crippen molar-refractivity contribution in [1.82, 2.24) is 9.29 Å². The second kappa shape index (κ2) is 10.3. The largest absolute Gasteiger partial charge is 0.298 e. The molecule has 2 aromatic carbocycles. The van der Waals surface area contributed by atoms with E-state index in [1.807, 2.05) is 6.92 Å². The van der Waals surface area contributed by atoms with Crippen molar-refractivity contribution >= 4 is 32.4 Å². The number of rotatable bonds is 7. The molecule has 0 bridgehead atoms. The molecule has 1 amide bonds. The number of nitrogens with one attached hydrogen (secondary N) is 1. The van der Waals surface area contributed by atoms with Crippen molar-refractivity contribution in [3.05, 3.63) is 65.0 Å². The highest BCUT2D eigenvalue weighted by molar-refractivity contribution is 7.89. The van der Waals surface area contributed by atoms with Gasteiger partial charge in [0.15, 0.2) is 16.8 Å². The van der Waals surface area contributed by atoms with Crippen molar-refractivity contribution in [2.45, 2.75) is 50.0 Å². The van der Waals surface area contributed by atoms with Crippen LogP contribution in [0.15, 0.2) is 52.7 Å². The van der Waals surface area contributed by atoms with E-state index in [0.29, 0.717) is 17.8 Å². The fraction of sp³-hybridized carbons (Fsp3) is 0.333. The summed E-state index contributed by atoms with van der Waals surface area (Å²) < 4.78 is 54.6. The summed E-state index contributed by atoms with van der Waals surface area (Å²) in [7, 11) is -3.65. The van der Waals surface area contributed by atoms with Crippen LogP contribution in [-0.2, 0) is 10.0 Å². The molecule has 1 heterocycles. The van der Waals surface area contributed by atoms with Crippen molar-refractivity contribution in [3.8, 4) is 11.3 Å².